The summed E-state index contributed by atoms with van der Waals surface area (Å²) in [6.07, 6.45) is 3.91. The highest BCUT2D eigenvalue weighted by Gasteiger charge is 2.28. The first-order chi connectivity index (χ1) is 15.4. The van der Waals surface area contributed by atoms with Crippen LogP contribution in [0.3, 0.4) is 0 Å². The van der Waals surface area contributed by atoms with Crippen molar-refractivity contribution in [1.29, 1.82) is 0 Å². The zero-order valence-electron chi connectivity index (χ0n) is 18.6. The van der Waals surface area contributed by atoms with Crippen LogP contribution >= 0.6 is 0 Å². The van der Waals surface area contributed by atoms with Gasteiger partial charge in [-0.3, -0.25) is 4.79 Å². The largest absolute Gasteiger partial charge is 0.322 e. The Hall–Kier alpha value is -3.62. The number of hydrogen-bond donors (Lipinski definition) is 1. The summed E-state index contributed by atoms with van der Waals surface area (Å²) in [5.74, 6) is 0.711. The Morgan fingerprint density at radius 1 is 1.16 bits per heavy atom. The Bertz CT molecular complexity index is 1300. The van der Waals surface area contributed by atoms with Gasteiger partial charge in [-0.2, -0.15) is 5.10 Å². The monoisotopic (exact) mass is 430 g/mol. The lowest BCUT2D eigenvalue weighted by atomic mass is 10.0. The van der Waals surface area contributed by atoms with E-state index in [-0.39, 0.29) is 17.9 Å². The van der Waals surface area contributed by atoms with Crippen LogP contribution in [0.25, 0.3) is 22.4 Å². The first-order valence-corrected chi connectivity index (χ1v) is 11.0. The molecule has 3 aromatic heterocycles. The fourth-order valence-electron chi connectivity index (χ4n) is 3.78. The van der Waals surface area contributed by atoms with E-state index < -0.39 is 0 Å². The Kier molecular flexibility index (Phi) is 4.96. The molecule has 1 fully saturated rings. The molecule has 0 atom stereocenters. The molecule has 0 unspecified atom stereocenters. The molecule has 3 heterocycles. The van der Waals surface area contributed by atoms with E-state index in [1.807, 2.05) is 39.7 Å². The quantitative estimate of drug-likeness (QED) is 0.487. The van der Waals surface area contributed by atoms with Crippen molar-refractivity contribution in [2.45, 2.75) is 58.5 Å². The second-order valence-electron chi connectivity index (χ2n) is 8.88. The van der Waals surface area contributed by atoms with Gasteiger partial charge in [0.1, 0.15) is 0 Å². The number of nitrogens with one attached hydrogen (secondary N) is 1. The van der Waals surface area contributed by atoms with Gasteiger partial charge in [0, 0.05) is 23.0 Å². The van der Waals surface area contributed by atoms with Gasteiger partial charge in [0.05, 0.1) is 23.2 Å². The number of carbonyl (C=O) groups excluding carboxylic acids is 1. The highest BCUT2D eigenvalue weighted by Crippen LogP contribution is 2.37. The molecule has 1 aromatic carbocycles. The van der Waals surface area contributed by atoms with Gasteiger partial charge < -0.3 is 5.32 Å². The number of aromatic nitrogens is 7. The van der Waals surface area contributed by atoms with Crippen LogP contribution in [-0.2, 0) is 0 Å². The van der Waals surface area contributed by atoms with Crippen LogP contribution in [0, 0.1) is 0 Å². The number of hydrogen-bond acceptors (Lipinski definition) is 6. The van der Waals surface area contributed by atoms with Gasteiger partial charge in [0.15, 0.2) is 11.5 Å². The molecule has 1 amide bonds. The van der Waals surface area contributed by atoms with Crippen molar-refractivity contribution in [3.05, 3.63) is 47.8 Å². The van der Waals surface area contributed by atoms with Crippen LogP contribution in [0.1, 0.15) is 74.6 Å². The molecule has 9 heteroatoms. The second kappa shape index (κ2) is 7.81. The number of tetrazole rings is 1. The fraction of sp³-hybridized carbons (Fsp3) is 0.391. The maximum atomic E-state index is 13.3. The molecule has 1 N–H and O–H groups in total. The van der Waals surface area contributed by atoms with Crippen molar-refractivity contribution in [3.63, 3.8) is 0 Å². The summed E-state index contributed by atoms with van der Waals surface area (Å²) in [6, 6.07) is 10.0. The lowest BCUT2D eigenvalue weighted by molar-refractivity contribution is 0.102. The molecule has 0 aliphatic heterocycles. The predicted molar refractivity (Wildman–Crippen MR) is 121 cm³/mol. The fourth-order valence-corrected chi connectivity index (χ4v) is 3.78. The highest BCUT2D eigenvalue weighted by atomic mass is 16.1. The van der Waals surface area contributed by atoms with Crippen LogP contribution in [0.15, 0.2) is 36.5 Å². The van der Waals surface area contributed by atoms with Crippen molar-refractivity contribution >= 4 is 22.6 Å². The van der Waals surface area contributed by atoms with E-state index in [0.717, 1.165) is 41.0 Å². The van der Waals surface area contributed by atoms with Gasteiger partial charge >= 0.3 is 0 Å². The number of amides is 1. The molecule has 32 heavy (non-hydrogen) atoms. The van der Waals surface area contributed by atoms with E-state index in [1.165, 1.54) is 0 Å². The summed E-state index contributed by atoms with van der Waals surface area (Å²) >= 11 is 0. The lowest BCUT2D eigenvalue weighted by Crippen LogP contribution is -2.14. The average Bonchev–Trinajstić information content (AvgIpc) is 3.32. The van der Waals surface area contributed by atoms with Gasteiger partial charge in [-0.25, -0.2) is 14.3 Å². The first-order valence-electron chi connectivity index (χ1n) is 11.0. The Labute approximate surface area is 185 Å². The Morgan fingerprint density at radius 3 is 2.69 bits per heavy atom. The van der Waals surface area contributed by atoms with Crippen LogP contribution in [-0.4, -0.2) is 40.9 Å². The molecule has 0 radical (unpaired) electrons. The minimum Gasteiger partial charge on any atom is -0.322 e. The third kappa shape index (κ3) is 3.63. The average molecular weight is 431 g/mol. The SMILES string of the molecule is CC(C)c1cc(C(=O)Nc2cccc(-c3nnnn3C3CC3)c2)c2cnn(C(C)C)c2n1. The standard InChI is InChI=1S/C23H26N8O/c1-13(2)20-11-18(19-12-24-30(14(3)4)22(19)26-20)23(32)25-16-7-5-6-15(10-16)21-27-28-29-31(21)17-8-9-17/h5-7,10-14,17H,8-9H2,1-4H3,(H,25,32). The smallest absolute Gasteiger partial charge is 0.256 e. The summed E-state index contributed by atoms with van der Waals surface area (Å²) in [7, 11) is 0. The third-order valence-corrected chi connectivity index (χ3v) is 5.68. The predicted octanol–water partition coefficient (Wildman–Crippen LogP) is 4.38. The van der Waals surface area contributed by atoms with Gasteiger partial charge in [0.2, 0.25) is 0 Å². The van der Waals surface area contributed by atoms with E-state index in [2.05, 4.69) is 53.6 Å². The van der Waals surface area contributed by atoms with Crippen LogP contribution < -0.4 is 5.32 Å². The number of fused-ring (bicyclic) bond motifs is 1. The van der Waals surface area contributed by atoms with E-state index in [0.29, 0.717) is 17.3 Å². The van der Waals surface area contributed by atoms with Crippen molar-refractivity contribution in [3.8, 4) is 11.4 Å². The van der Waals surface area contributed by atoms with E-state index >= 15 is 0 Å². The summed E-state index contributed by atoms with van der Waals surface area (Å²) < 4.78 is 3.72. The first kappa shape index (κ1) is 20.3. The summed E-state index contributed by atoms with van der Waals surface area (Å²) in [5.41, 5.74) is 3.72. The molecule has 1 saturated carbocycles. The van der Waals surface area contributed by atoms with Gasteiger partial charge in [0.25, 0.3) is 5.91 Å². The van der Waals surface area contributed by atoms with Crippen LogP contribution in [0.4, 0.5) is 5.69 Å². The minimum absolute atomic E-state index is 0.146. The molecule has 4 aromatic rings. The van der Waals surface area contributed by atoms with E-state index in [1.54, 1.807) is 6.20 Å². The molecule has 0 spiro atoms. The Morgan fingerprint density at radius 2 is 1.97 bits per heavy atom. The lowest BCUT2D eigenvalue weighted by Gasteiger charge is -2.13. The maximum Gasteiger partial charge on any atom is 0.256 e. The zero-order valence-corrected chi connectivity index (χ0v) is 18.6. The minimum atomic E-state index is -0.193. The maximum absolute atomic E-state index is 13.3. The number of benzene rings is 1. The second-order valence-corrected chi connectivity index (χ2v) is 8.88. The molecule has 1 aliphatic rings. The molecule has 0 bridgehead atoms. The van der Waals surface area contributed by atoms with Crippen molar-refractivity contribution in [2.24, 2.45) is 0 Å². The molecule has 0 saturated heterocycles. The van der Waals surface area contributed by atoms with E-state index in [4.69, 9.17) is 4.98 Å². The van der Waals surface area contributed by atoms with Gasteiger partial charge in [-0.1, -0.05) is 26.0 Å². The molecular weight excluding hydrogens is 404 g/mol. The zero-order chi connectivity index (χ0) is 22.4. The van der Waals surface area contributed by atoms with Crippen LogP contribution in [0.5, 0.6) is 0 Å². The summed E-state index contributed by atoms with van der Waals surface area (Å²) in [6.45, 7) is 8.24. The van der Waals surface area contributed by atoms with Crippen molar-refractivity contribution in [1.82, 2.24) is 35.0 Å². The summed E-state index contributed by atoms with van der Waals surface area (Å²) in [5, 5.41) is 20.4. The Balaban J connectivity index is 1.49. The van der Waals surface area contributed by atoms with Crippen LogP contribution in [0.2, 0.25) is 0 Å². The normalized spacial score (nSPS) is 13.9. The number of pyridine rings is 1. The van der Waals surface area contributed by atoms with Crippen molar-refractivity contribution < 1.29 is 4.79 Å². The third-order valence-electron chi connectivity index (χ3n) is 5.68. The number of carbonyl (C=O) groups is 1. The van der Waals surface area contributed by atoms with Gasteiger partial charge in [-0.15, -0.1) is 5.10 Å². The number of rotatable bonds is 6. The number of nitrogens with zero attached hydrogens (tertiary/aromatic N) is 7. The molecule has 5 rings (SSSR count). The highest BCUT2D eigenvalue weighted by molar-refractivity contribution is 6.12. The summed E-state index contributed by atoms with van der Waals surface area (Å²) in [4.78, 5) is 18.1. The molecule has 1 aliphatic carbocycles. The molecule has 164 valence electrons. The topological polar surface area (TPSA) is 103 Å². The van der Waals surface area contributed by atoms with Crippen molar-refractivity contribution in [2.75, 3.05) is 5.32 Å². The van der Waals surface area contributed by atoms with E-state index in [9.17, 15) is 4.79 Å². The molecule has 9 nitrogen and oxygen atoms in total. The number of anilines is 1. The van der Waals surface area contributed by atoms with Gasteiger partial charge in [-0.05, 0) is 61.2 Å². The molecular formula is C23H26N8O.